The van der Waals surface area contributed by atoms with Crippen LogP contribution in [0, 0.1) is 0 Å². The van der Waals surface area contributed by atoms with Crippen LogP contribution in [0.2, 0.25) is 0 Å². The molecule has 0 spiro atoms. The second kappa shape index (κ2) is 7.43. The summed E-state index contributed by atoms with van der Waals surface area (Å²) in [6, 6.07) is 9.48. The zero-order chi connectivity index (χ0) is 11.6. The molecule has 0 amide bonds. The molecule has 1 rings (SSSR count). The van der Waals surface area contributed by atoms with E-state index in [-0.39, 0.29) is 0 Å². The van der Waals surface area contributed by atoms with Crippen LogP contribution in [0.25, 0.3) is 6.08 Å². The Morgan fingerprint density at radius 1 is 1.31 bits per heavy atom. The second-order valence-corrected chi connectivity index (χ2v) is 3.05. The highest BCUT2D eigenvalue weighted by Crippen LogP contribution is 2.01. The molecule has 3 nitrogen and oxygen atoms in total. The minimum Gasteiger partial charge on any atom is -0.294 e. The topological polar surface area (TPSA) is 35.5 Å². The van der Waals surface area contributed by atoms with E-state index in [1.54, 1.807) is 12.2 Å². The van der Waals surface area contributed by atoms with Crippen molar-refractivity contribution in [2.75, 3.05) is 6.61 Å². The Hall–Kier alpha value is -1.87. The molecule has 0 aliphatic carbocycles. The molecule has 84 valence electrons. The third kappa shape index (κ3) is 5.12. The van der Waals surface area contributed by atoms with E-state index in [2.05, 4.69) is 16.4 Å². The third-order valence-corrected chi connectivity index (χ3v) is 1.76. The maximum absolute atomic E-state index is 11.1. The van der Waals surface area contributed by atoms with E-state index in [1.807, 2.05) is 30.3 Å². The molecule has 0 N–H and O–H groups in total. The summed E-state index contributed by atoms with van der Waals surface area (Å²) in [5.74, 6) is -0.520. The van der Waals surface area contributed by atoms with Crippen molar-refractivity contribution in [2.45, 2.75) is 6.42 Å². The van der Waals surface area contributed by atoms with Gasteiger partial charge in [-0.1, -0.05) is 36.4 Å². The first-order valence-corrected chi connectivity index (χ1v) is 5.00. The lowest BCUT2D eigenvalue weighted by Crippen LogP contribution is -2.02. The van der Waals surface area contributed by atoms with Crippen LogP contribution in [0.15, 0.2) is 49.1 Å². The van der Waals surface area contributed by atoms with Crippen molar-refractivity contribution in [1.82, 2.24) is 0 Å². The SMILES string of the molecule is C=CCCOOC(=O)C=Cc1ccccc1. The van der Waals surface area contributed by atoms with E-state index in [1.165, 1.54) is 6.08 Å². The summed E-state index contributed by atoms with van der Waals surface area (Å²) < 4.78 is 0. The van der Waals surface area contributed by atoms with Gasteiger partial charge in [0.25, 0.3) is 0 Å². The molecule has 16 heavy (non-hydrogen) atoms. The predicted octanol–water partition coefficient (Wildman–Crippen LogP) is 2.75. The molecule has 0 radical (unpaired) electrons. The highest BCUT2D eigenvalue weighted by molar-refractivity contribution is 5.86. The lowest BCUT2D eigenvalue weighted by atomic mass is 10.2. The molecule has 0 aliphatic heterocycles. The van der Waals surface area contributed by atoms with Gasteiger partial charge in [-0.2, -0.15) is 4.89 Å². The summed E-state index contributed by atoms with van der Waals surface area (Å²) in [6.45, 7) is 3.85. The van der Waals surface area contributed by atoms with E-state index >= 15 is 0 Å². The fraction of sp³-hybridized carbons (Fsp3) is 0.154. The zero-order valence-corrected chi connectivity index (χ0v) is 8.96. The van der Waals surface area contributed by atoms with Gasteiger partial charge in [-0.15, -0.1) is 6.58 Å². The summed E-state index contributed by atoms with van der Waals surface area (Å²) in [4.78, 5) is 20.3. The van der Waals surface area contributed by atoms with Crippen molar-refractivity contribution in [3.8, 4) is 0 Å². The highest BCUT2D eigenvalue weighted by Gasteiger charge is 1.96. The van der Waals surface area contributed by atoms with Crippen molar-refractivity contribution in [3.05, 3.63) is 54.6 Å². The Kier molecular flexibility index (Phi) is 5.66. The Morgan fingerprint density at radius 2 is 2.06 bits per heavy atom. The van der Waals surface area contributed by atoms with E-state index in [0.29, 0.717) is 13.0 Å². The number of carbonyl (C=O) groups excluding carboxylic acids is 1. The maximum atomic E-state index is 11.1. The molecule has 3 heteroatoms. The highest BCUT2D eigenvalue weighted by atomic mass is 17.2. The fourth-order valence-electron chi connectivity index (χ4n) is 0.987. The van der Waals surface area contributed by atoms with Crippen LogP contribution in [0.4, 0.5) is 0 Å². The first-order valence-electron chi connectivity index (χ1n) is 5.00. The van der Waals surface area contributed by atoms with Crippen LogP contribution in [-0.2, 0) is 14.6 Å². The average molecular weight is 218 g/mol. The average Bonchev–Trinajstić information content (AvgIpc) is 2.33. The van der Waals surface area contributed by atoms with Gasteiger partial charge in [0, 0.05) is 6.08 Å². The molecule has 1 aromatic rings. The van der Waals surface area contributed by atoms with Gasteiger partial charge in [-0.25, -0.2) is 4.79 Å². The van der Waals surface area contributed by atoms with Crippen LogP contribution in [0.1, 0.15) is 12.0 Å². The van der Waals surface area contributed by atoms with Gasteiger partial charge in [0.05, 0.1) is 6.61 Å². The molecule has 0 bridgehead atoms. The predicted molar refractivity (Wildman–Crippen MR) is 62.3 cm³/mol. The summed E-state index contributed by atoms with van der Waals surface area (Å²) in [5.41, 5.74) is 0.936. The van der Waals surface area contributed by atoms with Crippen molar-refractivity contribution >= 4 is 12.0 Å². The smallest absolute Gasteiger partial charge is 0.294 e. The van der Waals surface area contributed by atoms with Crippen molar-refractivity contribution in [1.29, 1.82) is 0 Å². The standard InChI is InChI=1S/C13H14O3/c1-2-3-11-15-16-13(14)10-9-12-7-5-4-6-8-12/h2,4-10H,1,3,11H2. The number of hydrogen-bond donors (Lipinski definition) is 0. The zero-order valence-electron chi connectivity index (χ0n) is 8.96. The van der Waals surface area contributed by atoms with E-state index < -0.39 is 5.97 Å². The molecule has 0 unspecified atom stereocenters. The van der Waals surface area contributed by atoms with Crippen LogP contribution in [0.5, 0.6) is 0 Å². The molecular weight excluding hydrogens is 204 g/mol. The molecule has 0 saturated heterocycles. The monoisotopic (exact) mass is 218 g/mol. The van der Waals surface area contributed by atoms with Crippen molar-refractivity contribution in [3.63, 3.8) is 0 Å². The minimum absolute atomic E-state index is 0.328. The second-order valence-electron chi connectivity index (χ2n) is 3.05. The van der Waals surface area contributed by atoms with Crippen LogP contribution in [-0.4, -0.2) is 12.6 Å². The molecule has 0 atom stereocenters. The van der Waals surface area contributed by atoms with Gasteiger partial charge in [0.1, 0.15) is 0 Å². The molecule has 0 saturated carbocycles. The summed E-state index contributed by atoms with van der Waals surface area (Å²) in [6.07, 6.45) is 5.33. The van der Waals surface area contributed by atoms with Gasteiger partial charge >= 0.3 is 5.97 Å². The molecule has 0 aromatic heterocycles. The van der Waals surface area contributed by atoms with Gasteiger partial charge in [-0.05, 0) is 18.1 Å². The van der Waals surface area contributed by atoms with Gasteiger partial charge < -0.3 is 0 Å². The van der Waals surface area contributed by atoms with Gasteiger partial charge in [0.15, 0.2) is 0 Å². The van der Waals surface area contributed by atoms with Crippen LogP contribution < -0.4 is 0 Å². The van der Waals surface area contributed by atoms with E-state index in [9.17, 15) is 4.79 Å². The summed E-state index contributed by atoms with van der Waals surface area (Å²) >= 11 is 0. The first-order chi connectivity index (χ1) is 7.83. The molecule has 1 aromatic carbocycles. The fourth-order valence-corrected chi connectivity index (χ4v) is 0.987. The Labute approximate surface area is 94.9 Å². The Balaban J connectivity index is 2.29. The molecular formula is C13H14O3. The third-order valence-electron chi connectivity index (χ3n) is 1.76. The number of hydrogen-bond acceptors (Lipinski definition) is 3. The largest absolute Gasteiger partial charge is 0.365 e. The van der Waals surface area contributed by atoms with Crippen LogP contribution >= 0.6 is 0 Å². The number of carbonyl (C=O) groups is 1. The maximum Gasteiger partial charge on any atom is 0.365 e. The van der Waals surface area contributed by atoms with E-state index in [4.69, 9.17) is 0 Å². The Morgan fingerprint density at radius 3 is 2.75 bits per heavy atom. The lowest BCUT2D eigenvalue weighted by Gasteiger charge is -1.98. The van der Waals surface area contributed by atoms with E-state index in [0.717, 1.165) is 5.56 Å². The van der Waals surface area contributed by atoms with Gasteiger partial charge in [0.2, 0.25) is 0 Å². The van der Waals surface area contributed by atoms with Crippen molar-refractivity contribution < 1.29 is 14.6 Å². The summed E-state index contributed by atoms with van der Waals surface area (Å²) in [7, 11) is 0. The first kappa shape index (κ1) is 12.2. The molecule has 0 heterocycles. The number of benzene rings is 1. The summed E-state index contributed by atoms with van der Waals surface area (Å²) in [5, 5.41) is 0. The molecule has 0 aliphatic rings. The van der Waals surface area contributed by atoms with Crippen molar-refractivity contribution in [2.24, 2.45) is 0 Å². The quantitative estimate of drug-likeness (QED) is 0.242. The normalized spacial score (nSPS) is 10.2. The minimum atomic E-state index is -0.520. The van der Waals surface area contributed by atoms with Gasteiger partial charge in [-0.3, -0.25) is 4.89 Å². The molecule has 0 fully saturated rings. The lowest BCUT2D eigenvalue weighted by molar-refractivity contribution is -0.266. The Bertz CT molecular complexity index is 355. The van der Waals surface area contributed by atoms with Crippen LogP contribution in [0.3, 0.4) is 0 Å². The number of rotatable bonds is 6.